The van der Waals surface area contributed by atoms with Gasteiger partial charge in [-0.15, -0.1) is 6.42 Å². The van der Waals surface area contributed by atoms with Gasteiger partial charge in [0.1, 0.15) is 12.4 Å². The minimum atomic E-state index is -0.440. The van der Waals surface area contributed by atoms with Gasteiger partial charge in [-0.2, -0.15) is 5.10 Å². The molecule has 0 heterocycles. The highest BCUT2D eigenvalue weighted by molar-refractivity contribution is 5.93. The van der Waals surface area contributed by atoms with Crippen molar-refractivity contribution in [2.24, 2.45) is 5.10 Å². The maximum Gasteiger partial charge on any atom is 0.240 e. The number of rotatable bonds is 9. The number of halogens is 1. The van der Waals surface area contributed by atoms with Gasteiger partial charge in [-0.1, -0.05) is 12.0 Å². The second-order valence-corrected chi connectivity index (χ2v) is 5.72. The number of hydrogen-bond donors (Lipinski definition) is 2. The van der Waals surface area contributed by atoms with Gasteiger partial charge in [0.05, 0.1) is 13.3 Å². The van der Waals surface area contributed by atoms with Crippen molar-refractivity contribution >= 4 is 23.7 Å². The van der Waals surface area contributed by atoms with Gasteiger partial charge in [-0.25, -0.2) is 9.82 Å². The molecule has 0 aromatic heterocycles. The van der Waals surface area contributed by atoms with E-state index in [1.165, 1.54) is 37.6 Å². The molecule has 0 fully saturated rings. The number of terminal acetylenes is 1. The molecule has 0 spiro atoms. The number of carbonyl (C=O) groups is 2. The Kier molecular flexibility index (Phi) is 8.20. The van der Waals surface area contributed by atoms with Gasteiger partial charge < -0.3 is 14.8 Å². The number of nitrogens with one attached hydrogen (secondary N) is 2. The normalized spacial score (nSPS) is 10.2. The zero-order valence-electron chi connectivity index (χ0n) is 15.8. The van der Waals surface area contributed by atoms with Crippen LogP contribution in [0.4, 0.5) is 10.1 Å². The van der Waals surface area contributed by atoms with E-state index >= 15 is 0 Å². The fourth-order valence-electron chi connectivity index (χ4n) is 2.28. The monoisotopic (exact) mass is 397 g/mol. The van der Waals surface area contributed by atoms with Gasteiger partial charge in [-0.3, -0.25) is 9.59 Å². The van der Waals surface area contributed by atoms with Crippen molar-refractivity contribution in [1.29, 1.82) is 0 Å². The maximum atomic E-state index is 12.8. The summed E-state index contributed by atoms with van der Waals surface area (Å²) in [5.74, 6) is 2.05. The van der Waals surface area contributed by atoms with Crippen LogP contribution < -0.4 is 20.2 Å². The summed E-state index contributed by atoms with van der Waals surface area (Å²) < 4.78 is 23.5. The number of ether oxygens (including phenoxy) is 2. The van der Waals surface area contributed by atoms with E-state index < -0.39 is 11.7 Å². The van der Waals surface area contributed by atoms with Crippen molar-refractivity contribution in [2.45, 2.75) is 12.8 Å². The van der Waals surface area contributed by atoms with Crippen molar-refractivity contribution < 1.29 is 23.5 Å². The van der Waals surface area contributed by atoms with Crippen molar-refractivity contribution in [2.75, 3.05) is 19.0 Å². The molecule has 2 N–H and O–H groups in total. The molecule has 8 heteroatoms. The molecule has 0 atom stereocenters. The van der Waals surface area contributed by atoms with Gasteiger partial charge in [0, 0.05) is 24.1 Å². The number of amides is 2. The van der Waals surface area contributed by atoms with E-state index in [9.17, 15) is 14.0 Å². The zero-order chi connectivity index (χ0) is 21.1. The summed E-state index contributed by atoms with van der Waals surface area (Å²) in [7, 11) is 1.50. The van der Waals surface area contributed by atoms with Gasteiger partial charge in [-0.05, 0) is 36.4 Å². The summed E-state index contributed by atoms with van der Waals surface area (Å²) in [5, 5.41) is 6.45. The van der Waals surface area contributed by atoms with Crippen LogP contribution in [0, 0.1) is 18.2 Å². The van der Waals surface area contributed by atoms with Gasteiger partial charge >= 0.3 is 0 Å². The van der Waals surface area contributed by atoms with E-state index in [0.29, 0.717) is 22.7 Å². The van der Waals surface area contributed by atoms with E-state index in [1.807, 2.05) is 0 Å². The summed E-state index contributed by atoms with van der Waals surface area (Å²) in [6.07, 6.45) is 6.49. The van der Waals surface area contributed by atoms with Gasteiger partial charge in [0.2, 0.25) is 11.8 Å². The van der Waals surface area contributed by atoms with E-state index in [4.69, 9.17) is 15.9 Å². The second-order valence-electron chi connectivity index (χ2n) is 5.72. The molecule has 0 aliphatic rings. The van der Waals surface area contributed by atoms with Crippen LogP contribution in [0.25, 0.3) is 0 Å². The number of nitrogens with zero attached hydrogens (tertiary/aromatic N) is 1. The number of hydrogen-bond acceptors (Lipinski definition) is 5. The largest absolute Gasteiger partial charge is 0.493 e. The van der Waals surface area contributed by atoms with Crippen molar-refractivity contribution in [1.82, 2.24) is 5.43 Å². The number of anilines is 1. The van der Waals surface area contributed by atoms with Crippen LogP contribution in [-0.2, 0) is 9.59 Å². The molecule has 7 nitrogen and oxygen atoms in total. The van der Waals surface area contributed by atoms with Crippen LogP contribution in [0.15, 0.2) is 47.6 Å². The molecule has 2 aromatic carbocycles. The molecule has 2 rings (SSSR count). The average molecular weight is 397 g/mol. The molecular weight excluding hydrogens is 377 g/mol. The number of benzene rings is 2. The Balaban J connectivity index is 1.85. The third-order valence-corrected chi connectivity index (χ3v) is 3.63. The number of hydrazone groups is 1. The van der Waals surface area contributed by atoms with Crippen LogP contribution in [0.3, 0.4) is 0 Å². The van der Waals surface area contributed by atoms with E-state index in [-0.39, 0.29) is 25.4 Å². The highest BCUT2D eigenvalue weighted by Crippen LogP contribution is 2.29. The molecule has 2 aromatic rings. The van der Waals surface area contributed by atoms with Gasteiger partial charge in [0.25, 0.3) is 0 Å². The quantitative estimate of drug-likeness (QED) is 0.387. The number of para-hydroxylation sites is 1. The third kappa shape index (κ3) is 6.99. The Labute approximate surface area is 167 Å². The lowest BCUT2D eigenvalue weighted by molar-refractivity contribution is -0.124. The van der Waals surface area contributed by atoms with Gasteiger partial charge in [0.15, 0.2) is 11.5 Å². The molecule has 0 bridgehead atoms. The first-order valence-electron chi connectivity index (χ1n) is 8.64. The van der Waals surface area contributed by atoms with Crippen molar-refractivity contribution in [3.63, 3.8) is 0 Å². The first kappa shape index (κ1) is 21.4. The molecule has 0 radical (unpaired) electrons. The lowest BCUT2D eigenvalue weighted by Gasteiger charge is -2.11. The van der Waals surface area contributed by atoms with E-state index in [1.54, 1.807) is 18.2 Å². The topological polar surface area (TPSA) is 89.0 Å². The van der Waals surface area contributed by atoms with Crippen molar-refractivity contribution in [3.8, 4) is 23.8 Å². The summed E-state index contributed by atoms with van der Waals surface area (Å²) in [5.41, 5.74) is 3.36. The number of methoxy groups -OCH3 is 1. The first-order chi connectivity index (χ1) is 14.0. The SMILES string of the molecule is C#CCOc1c(C=NNC(=O)CCC(=O)Nc2ccc(F)cc2)cccc1OC. The van der Waals surface area contributed by atoms with E-state index in [2.05, 4.69) is 21.8 Å². The maximum absolute atomic E-state index is 12.8. The molecule has 150 valence electrons. The first-order valence-corrected chi connectivity index (χ1v) is 8.64. The fraction of sp³-hybridized carbons (Fsp3) is 0.190. The Morgan fingerprint density at radius 2 is 1.90 bits per heavy atom. The Morgan fingerprint density at radius 3 is 2.59 bits per heavy atom. The molecular formula is C21H20FN3O4. The van der Waals surface area contributed by atoms with Crippen LogP contribution in [0.2, 0.25) is 0 Å². The molecule has 0 saturated carbocycles. The Hall–Kier alpha value is -3.86. The lowest BCUT2D eigenvalue weighted by Crippen LogP contribution is -2.20. The fourth-order valence-corrected chi connectivity index (χ4v) is 2.28. The smallest absolute Gasteiger partial charge is 0.240 e. The molecule has 0 saturated heterocycles. The van der Waals surface area contributed by atoms with Crippen LogP contribution >= 0.6 is 0 Å². The molecule has 29 heavy (non-hydrogen) atoms. The summed E-state index contributed by atoms with van der Waals surface area (Å²) in [6.45, 7) is 0.0523. The Bertz CT molecular complexity index is 921. The molecule has 0 unspecified atom stereocenters. The summed E-state index contributed by atoms with van der Waals surface area (Å²) in [4.78, 5) is 23.7. The summed E-state index contributed by atoms with van der Waals surface area (Å²) >= 11 is 0. The second kappa shape index (κ2) is 11.1. The zero-order valence-corrected chi connectivity index (χ0v) is 15.8. The minimum Gasteiger partial charge on any atom is -0.493 e. The molecule has 2 amide bonds. The average Bonchev–Trinajstić information content (AvgIpc) is 2.72. The van der Waals surface area contributed by atoms with Crippen LogP contribution in [0.1, 0.15) is 18.4 Å². The minimum absolute atomic E-state index is 0.0472. The molecule has 0 aliphatic carbocycles. The standard InChI is InChI=1S/C21H20FN3O4/c1-3-13-29-21-15(5-4-6-18(21)28-2)14-23-25-20(27)12-11-19(26)24-17-9-7-16(22)8-10-17/h1,4-10,14H,11-13H2,2H3,(H,24,26)(H,25,27). The predicted molar refractivity (Wildman–Crippen MR) is 107 cm³/mol. The van der Waals surface area contributed by atoms with Crippen LogP contribution in [0.5, 0.6) is 11.5 Å². The third-order valence-electron chi connectivity index (χ3n) is 3.63. The molecule has 0 aliphatic heterocycles. The highest BCUT2D eigenvalue weighted by atomic mass is 19.1. The Morgan fingerprint density at radius 1 is 1.17 bits per heavy atom. The van der Waals surface area contributed by atoms with Crippen LogP contribution in [-0.4, -0.2) is 31.7 Å². The van der Waals surface area contributed by atoms with E-state index in [0.717, 1.165) is 0 Å². The lowest BCUT2D eigenvalue weighted by atomic mass is 10.2. The predicted octanol–water partition coefficient (Wildman–Crippen LogP) is 2.72. The van der Waals surface area contributed by atoms with Crippen molar-refractivity contribution in [3.05, 3.63) is 53.8 Å². The number of carbonyl (C=O) groups excluding carboxylic acids is 2. The highest BCUT2D eigenvalue weighted by Gasteiger charge is 2.10. The summed E-state index contributed by atoms with van der Waals surface area (Å²) in [6, 6.07) is 10.5.